The van der Waals surface area contributed by atoms with Crippen LogP contribution in [0, 0.1) is 0 Å². The van der Waals surface area contributed by atoms with Gasteiger partial charge in [0.2, 0.25) is 0 Å². The standard InChI is InChI=1S/C25H27N3O4S/c1-31-21(30)14-15-8-10-16(11-9-15)18-12-13-26-24(23(18)32-17-4-2-5-17)28-25-27-22-19(29)6-3-7-20(22)33-25/h8-13,17,19,29H,2-7,14H2,1H3,(H,26,27,28). The Morgan fingerprint density at radius 1 is 1.18 bits per heavy atom. The fourth-order valence-electron chi connectivity index (χ4n) is 4.13. The molecule has 2 aliphatic carbocycles. The number of fused-ring (bicyclic) bond motifs is 1. The van der Waals surface area contributed by atoms with Crippen LogP contribution in [0.2, 0.25) is 0 Å². The molecule has 5 rings (SSSR count). The average Bonchev–Trinajstić information content (AvgIpc) is 3.21. The van der Waals surface area contributed by atoms with Crippen LogP contribution in [-0.4, -0.2) is 34.3 Å². The lowest BCUT2D eigenvalue weighted by Crippen LogP contribution is -2.25. The second kappa shape index (κ2) is 9.49. The highest BCUT2D eigenvalue weighted by Crippen LogP contribution is 2.41. The van der Waals surface area contributed by atoms with Crippen LogP contribution in [-0.2, 0) is 22.4 Å². The lowest BCUT2D eigenvalue weighted by Gasteiger charge is -2.28. The number of nitrogens with zero attached hydrogens (tertiary/aromatic N) is 2. The largest absolute Gasteiger partial charge is 0.486 e. The molecule has 3 aromatic rings. The molecule has 0 radical (unpaired) electrons. The summed E-state index contributed by atoms with van der Waals surface area (Å²) in [6.07, 6.45) is 7.60. The fourth-order valence-corrected chi connectivity index (χ4v) is 5.19. The van der Waals surface area contributed by atoms with E-state index in [0.29, 0.717) is 11.6 Å². The van der Waals surface area contributed by atoms with Crippen LogP contribution < -0.4 is 10.1 Å². The summed E-state index contributed by atoms with van der Waals surface area (Å²) in [5, 5.41) is 14.4. The SMILES string of the molecule is COC(=O)Cc1ccc(-c2ccnc(Nc3nc4c(s3)CCCC4O)c2OC2CCC2)cc1. The summed E-state index contributed by atoms with van der Waals surface area (Å²) < 4.78 is 11.2. The van der Waals surface area contributed by atoms with Gasteiger partial charge >= 0.3 is 5.97 Å². The van der Waals surface area contributed by atoms with E-state index in [4.69, 9.17) is 9.47 Å². The molecule has 8 heteroatoms. The van der Waals surface area contributed by atoms with Crippen LogP contribution in [0.4, 0.5) is 10.9 Å². The molecule has 0 amide bonds. The number of carbonyl (C=O) groups is 1. The van der Waals surface area contributed by atoms with E-state index in [2.05, 4.69) is 15.3 Å². The molecule has 0 saturated heterocycles. The van der Waals surface area contributed by atoms with Gasteiger partial charge in [-0.25, -0.2) is 9.97 Å². The Hall–Kier alpha value is -2.97. The highest BCUT2D eigenvalue weighted by molar-refractivity contribution is 7.15. The molecule has 0 spiro atoms. The number of ether oxygens (including phenoxy) is 2. The van der Waals surface area contributed by atoms with E-state index >= 15 is 0 Å². The number of nitrogens with one attached hydrogen (secondary N) is 1. The molecule has 33 heavy (non-hydrogen) atoms. The Bertz CT molecular complexity index is 1140. The van der Waals surface area contributed by atoms with Gasteiger partial charge in [-0.3, -0.25) is 4.79 Å². The number of benzene rings is 1. The maximum atomic E-state index is 11.6. The van der Waals surface area contributed by atoms with Crippen LogP contribution in [0.25, 0.3) is 11.1 Å². The lowest BCUT2D eigenvalue weighted by atomic mass is 9.96. The number of rotatable bonds is 7. The number of hydrogen-bond donors (Lipinski definition) is 2. The van der Waals surface area contributed by atoms with Crippen LogP contribution >= 0.6 is 11.3 Å². The quantitative estimate of drug-likeness (QED) is 0.476. The number of hydrogen-bond acceptors (Lipinski definition) is 8. The van der Waals surface area contributed by atoms with Crippen molar-refractivity contribution in [3.05, 3.63) is 52.7 Å². The monoisotopic (exact) mass is 465 g/mol. The van der Waals surface area contributed by atoms with E-state index in [1.54, 1.807) is 17.5 Å². The number of carbonyl (C=O) groups excluding carboxylic acids is 1. The topological polar surface area (TPSA) is 93.6 Å². The van der Waals surface area contributed by atoms with Gasteiger partial charge in [-0.1, -0.05) is 24.3 Å². The first-order valence-electron chi connectivity index (χ1n) is 11.4. The van der Waals surface area contributed by atoms with Crippen LogP contribution in [0.5, 0.6) is 5.75 Å². The Labute approximate surface area is 196 Å². The van der Waals surface area contributed by atoms with Gasteiger partial charge in [0.05, 0.1) is 31.4 Å². The Morgan fingerprint density at radius 2 is 2.00 bits per heavy atom. The fraction of sp³-hybridized carbons (Fsp3) is 0.400. The minimum absolute atomic E-state index is 0.179. The molecule has 1 aromatic carbocycles. The van der Waals surface area contributed by atoms with Crippen LogP contribution in [0.3, 0.4) is 0 Å². The Kier molecular flexibility index (Phi) is 6.28. The molecule has 0 bridgehead atoms. The summed E-state index contributed by atoms with van der Waals surface area (Å²) in [5.74, 6) is 1.07. The number of aryl methyl sites for hydroxylation is 1. The highest BCUT2D eigenvalue weighted by Gasteiger charge is 2.26. The molecule has 7 nitrogen and oxygen atoms in total. The van der Waals surface area contributed by atoms with Crippen molar-refractivity contribution in [2.24, 2.45) is 0 Å². The van der Waals surface area contributed by atoms with Crippen molar-refractivity contribution in [3.8, 4) is 16.9 Å². The van der Waals surface area contributed by atoms with Gasteiger partial charge in [0, 0.05) is 16.6 Å². The third kappa shape index (κ3) is 4.72. The van der Waals surface area contributed by atoms with E-state index in [0.717, 1.165) is 64.5 Å². The summed E-state index contributed by atoms with van der Waals surface area (Å²) >= 11 is 1.57. The third-order valence-corrected chi connectivity index (χ3v) is 7.28. The average molecular weight is 466 g/mol. The lowest BCUT2D eigenvalue weighted by molar-refractivity contribution is -0.139. The first-order chi connectivity index (χ1) is 16.1. The minimum Gasteiger partial charge on any atom is -0.486 e. The minimum atomic E-state index is -0.492. The molecule has 2 heterocycles. The summed E-state index contributed by atoms with van der Waals surface area (Å²) in [4.78, 5) is 21.9. The predicted molar refractivity (Wildman–Crippen MR) is 127 cm³/mol. The molecule has 2 aliphatic rings. The zero-order chi connectivity index (χ0) is 22.8. The molecule has 1 unspecified atom stereocenters. The van der Waals surface area contributed by atoms with Gasteiger partial charge in [0.1, 0.15) is 0 Å². The normalized spacial score (nSPS) is 17.7. The van der Waals surface area contributed by atoms with Crippen LogP contribution in [0.15, 0.2) is 36.5 Å². The van der Waals surface area contributed by atoms with E-state index in [-0.39, 0.29) is 18.5 Å². The van der Waals surface area contributed by atoms with Gasteiger partial charge in [-0.2, -0.15) is 0 Å². The molecule has 172 valence electrons. The molecule has 1 saturated carbocycles. The Morgan fingerprint density at radius 3 is 2.70 bits per heavy atom. The second-order valence-electron chi connectivity index (χ2n) is 8.52. The number of aliphatic hydroxyl groups excluding tert-OH is 1. The summed E-state index contributed by atoms with van der Waals surface area (Å²) in [5.41, 5.74) is 3.60. The van der Waals surface area contributed by atoms with Gasteiger partial charge in [0.15, 0.2) is 16.7 Å². The molecule has 0 aliphatic heterocycles. The number of pyridine rings is 1. The van der Waals surface area contributed by atoms with Crippen molar-refractivity contribution in [1.29, 1.82) is 0 Å². The number of aliphatic hydroxyl groups is 1. The van der Waals surface area contributed by atoms with E-state index in [1.165, 1.54) is 13.5 Å². The first-order valence-corrected chi connectivity index (χ1v) is 12.2. The van der Waals surface area contributed by atoms with E-state index in [9.17, 15) is 9.90 Å². The number of anilines is 2. The molecule has 2 N–H and O–H groups in total. The van der Waals surface area contributed by atoms with Crippen molar-refractivity contribution >= 4 is 28.3 Å². The maximum absolute atomic E-state index is 11.6. The molecule has 1 atom stereocenters. The van der Waals surface area contributed by atoms with Crippen molar-refractivity contribution in [2.45, 2.75) is 57.2 Å². The van der Waals surface area contributed by atoms with Crippen molar-refractivity contribution in [3.63, 3.8) is 0 Å². The smallest absolute Gasteiger partial charge is 0.309 e. The Balaban J connectivity index is 1.46. The van der Waals surface area contributed by atoms with E-state index < -0.39 is 6.10 Å². The van der Waals surface area contributed by atoms with Gasteiger partial charge in [-0.05, 0) is 55.7 Å². The van der Waals surface area contributed by atoms with Crippen molar-refractivity contribution < 1.29 is 19.4 Å². The zero-order valence-corrected chi connectivity index (χ0v) is 19.4. The number of thiazole rings is 1. The summed E-state index contributed by atoms with van der Waals surface area (Å²) in [6.45, 7) is 0. The van der Waals surface area contributed by atoms with Gasteiger partial charge in [0.25, 0.3) is 0 Å². The second-order valence-corrected chi connectivity index (χ2v) is 9.60. The number of aromatic nitrogens is 2. The molecular formula is C25H27N3O4S. The number of methoxy groups -OCH3 is 1. The summed E-state index contributed by atoms with van der Waals surface area (Å²) in [6, 6.07) is 9.80. The van der Waals surface area contributed by atoms with Gasteiger partial charge < -0.3 is 19.9 Å². The zero-order valence-electron chi connectivity index (χ0n) is 18.5. The maximum Gasteiger partial charge on any atom is 0.309 e. The van der Waals surface area contributed by atoms with Gasteiger partial charge in [-0.15, -0.1) is 11.3 Å². The van der Waals surface area contributed by atoms with Crippen LogP contribution in [0.1, 0.15) is 54.3 Å². The first kappa shape index (κ1) is 21.9. The number of esters is 1. The molecule has 2 aromatic heterocycles. The summed E-state index contributed by atoms with van der Waals surface area (Å²) in [7, 11) is 1.39. The molecule has 1 fully saturated rings. The molecular weight excluding hydrogens is 438 g/mol. The van der Waals surface area contributed by atoms with E-state index in [1.807, 2.05) is 30.3 Å². The van der Waals surface area contributed by atoms with Crippen molar-refractivity contribution in [1.82, 2.24) is 9.97 Å². The third-order valence-electron chi connectivity index (χ3n) is 6.23. The van der Waals surface area contributed by atoms with Crippen molar-refractivity contribution in [2.75, 3.05) is 12.4 Å². The highest BCUT2D eigenvalue weighted by atomic mass is 32.1. The predicted octanol–water partition coefficient (Wildman–Crippen LogP) is 4.97.